The van der Waals surface area contributed by atoms with Crippen molar-refractivity contribution in [2.75, 3.05) is 12.3 Å². The van der Waals surface area contributed by atoms with Gasteiger partial charge in [-0.2, -0.15) is 0 Å². The molecule has 0 saturated heterocycles. The number of hydrogen-bond donors (Lipinski definition) is 3. The van der Waals surface area contributed by atoms with Gasteiger partial charge in [0.05, 0.1) is 11.3 Å². The molecule has 0 radical (unpaired) electrons. The van der Waals surface area contributed by atoms with E-state index in [4.69, 9.17) is 10.8 Å². The van der Waals surface area contributed by atoms with Gasteiger partial charge in [-0.05, 0) is 59.7 Å². The monoisotopic (exact) mass is 360 g/mol. The molecule has 2 aromatic carbocycles. The van der Waals surface area contributed by atoms with Crippen LogP contribution in [-0.4, -0.2) is 26.0 Å². The Balaban J connectivity index is 1.63. The minimum Gasteiger partial charge on any atom is -0.481 e. The molecule has 1 aliphatic carbocycles. The molecule has 0 heterocycles. The SMILES string of the molecule is Nc1ccc(S(=O)(=O)NCC2Cc3ccc(CC(=O)O)cc3C2)cc1. The van der Waals surface area contributed by atoms with Gasteiger partial charge >= 0.3 is 5.97 Å². The Labute approximate surface area is 146 Å². The summed E-state index contributed by atoms with van der Waals surface area (Å²) in [6.07, 6.45) is 1.53. The molecule has 0 bridgehead atoms. The van der Waals surface area contributed by atoms with E-state index in [1.807, 2.05) is 18.2 Å². The molecule has 4 N–H and O–H groups in total. The number of fused-ring (bicyclic) bond motifs is 1. The zero-order chi connectivity index (χ0) is 18.0. The van der Waals surface area contributed by atoms with Crippen LogP contribution < -0.4 is 10.5 Å². The fraction of sp³-hybridized carbons (Fsp3) is 0.278. The van der Waals surface area contributed by atoms with Gasteiger partial charge in [-0.15, -0.1) is 0 Å². The Bertz CT molecular complexity index is 892. The summed E-state index contributed by atoms with van der Waals surface area (Å²) < 4.78 is 27.3. The lowest BCUT2D eigenvalue weighted by molar-refractivity contribution is -0.136. The average molecular weight is 360 g/mol. The van der Waals surface area contributed by atoms with E-state index in [0.29, 0.717) is 12.2 Å². The third-order valence-corrected chi connectivity index (χ3v) is 5.84. The number of nitrogen functional groups attached to an aromatic ring is 1. The van der Waals surface area contributed by atoms with Gasteiger partial charge in [0.2, 0.25) is 10.0 Å². The molecule has 0 fully saturated rings. The van der Waals surface area contributed by atoms with E-state index in [9.17, 15) is 13.2 Å². The van der Waals surface area contributed by atoms with Gasteiger partial charge in [0.15, 0.2) is 0 Å². The van der Waals surface area contributed by atoms with Crippen molar-refractivity contribution in [2.24, 2.45) is 5.92 Å². The van der Waals surface area contributed by atoms with Crippen LogP contribution in [0.25, 0.3) is 0 Å². The normalized spacial score (nSPS) is 16.6. The summed E-state index contributed by atoms with van der Waals surface area (Å²) in [5, 5.41) is 8.88. The van der Waals surface area contributed by atoms with E-state index in [2.05, 4.69) is 4.72 Å². The standard InChI is InChI=1S/C18H20N2O4S/c19-16-3-5-17(6-4-16)25(23,24)20-11-13-8-14-2-1-12(10-18(21)22)7-15(14)9-13/h1-7,13,20H,8-11,19H2,(H,21,22). The minimum absolute atomic E-state index is 0.00170. The highest BCUT2D eigenvalue weighted by Gasteiger charge is 2.24. The molecule has 2 aromatic rings. The molecule has 0 amide bonds. The van der Waals surface area contributed by atoms with E-state index in [1.165, 1.54) is 12.1 Å². The molecule has 132 valence electrons. The van der Waals surface area contributed by atoms with Crippen molar-refractivity contribution in [1.82, 2.24) is 4.72 Å². The third kappa shape index (κ3) is 4.18. The van der Waals surface area contributed by atoms with E-state index in [-0.39, 0.29) is 17.2 Å². The first kappa shape index (κ1) is 17.4. The second kappa shape index (κ2) is 6.85. The van der Waals surface area contributed by atoms with Gasteiger partial charge in [-0.3, -0.25) is 4.79 Å². The zero-order valence-corrected chi connectivity index (χ0v) is 14.4. The van der Waals surface area contributed by atoms with Crippen LogP contribution in [0.2, 0.25) is 0 Å². The lowest BCUT2D eigenvalue weighted by Gasteiger charge is -2.11. The second-order valence-corrected chi connectivity index (χ2v) is 8.14. The quantitative estimate of drug-likeness (QED) is 0.678. The largest absolute Gasteiger partial charge is 0.481 e. The lowest BCUT2D eigenvalue weighted by Crippen LogP contribution is -2.29. The number of carboxylic acid groups (broad SMARTS) is 1. The van der Waals surface area contributed by atoms with Crippen LogP contribution in [0.4, 0.5) is 5.69 Å². The molecule has 3 rings (SSSR count). The number of nitrogens with two attached hydrogens (primary N) is 1. The number of aliphatic carboxylic acids is 1. The van der Waals surface area contributed by atoms with Crippen LogP contribution in [0.1, 0.15) is 16.7 Å². The summed E-state index contributed by atoms with van der Waals surface area (Å²) in [6.45, 7) is 0.343. The van der Waals surface area contributed by atoms with Gasteiger partial charge in [0.25, 0.3) is 0 Å². The minimum atomic E-state index is -3.56. The van der Waals surface area contributed by atoms with Crippen molar-refractivity contribution in [2.45, 2.75) is 24.2 Å². The van der Waals surface area contributed by atoms with Crippen molar-refractivity contribution in [3.63, 3.8) is 0 Å². The highest BCUT2D eigenvalue weighted by molar-refractivity contribution is 7.89. The molecule has 25 heavy (non-hydrogen) atoms. The number of anilines is 1. The molecule has 1 aliphatic rings. The molecule has 1 atom stereocenters. The number of hydrogen-bond acceptors (Lipinski definition) is 4. The number of sulfonamides is 1. The first-order chi connectivity index (χ1) is 11.8. The Morgan fingerprint density at radius 1 is 1.12 bits per heavy atom. The van der Waals surface area contributed by atoms with Crippen molar-refractivity contribution in [3.8, 4) is 0 Å². The maximum atomic E-state index is 12.3. The molecule has 7 heteroatoms. The summed E-state index contributed by atoms with van der Waals surface area (Å²) in [5.74, 6) is -0.690. The van der Waals surface area contributed by atoms with Crippen LogP contribution in [-0.2, 0) is 34.1 Å². The van der Waals surface area contributed by atoms with Crippen molar-refractivity contribution in [1.29, 1.82) is 0 Å². The third-order valence-electron chi connectivity index (χ3n) is 4.40. The zero-order valence-electron chi connectivity index (χ0n) is 13.6. The summed E-state index contributed by atoms with van der Waals surface area (Å²) in [5.41, 5.74) is 9.14. The maximum absolute atomic E-state index is 12.3. The summed E-state index contributed by atoms with van der Waals surface area (Å²) in [7, 11) is -3.56. The number of nitrogens with one attached hydrogen (secondary N) is 1. The van der Waals surface area contributed by atoms with Gasteiger partial charge in [0.1, 0.15) is 0 Å². The predicted molar refractivity (Wildman–Crippen MR) is 94.7 cm³/mol. The fourth-order valence-electron chi connectivity index (χ4n) is 3.15. The van der Waals surface area contributed by atoms with Gasteiger partial charge < -0.3 is 10.8 Å². The maximum Gasteiger partial charge on any atom is 0.307 e. The topological polar surface area (TPSA) is 109 Å². The van der Waals surface area contributed by atoms with Crippen LogP contribution in [0.3, 0.4) is 0 Å². The molecule has 0 aliphatic heterocycles. The van der Waals surface area contributed by atoms with Crippen molar-refractivity contribution in [3.05, 3.63) is 59.2 Å². The molecule has 6 nitrogen and oxygen atoms in total. The Morgan fingerprint density at radius 2 is 1.80 bits per heavy atom. The Morgan fingerprint density at radius 3 is 2.48 bits per heavy atom. The van der Waals surface area contributed by atoms with E-state index >= 15 is 0 Å². The average Bonchev–Trinajstić information content (AvgIpc) is 2.95. The Kier molecular flexibility index (Phi) is 4.78. The van der Waals surface area contributed by atoms with Crippen LogP contribution in [0.5, 0.6) is 0 Å². The molecular formula is C18H20N2O4S. The fourth-order valence-corrected chi connectivity index (χ4v) is 4.27. The smallest absolute Gasteiger partial charge is 0.307 e. The molecule has 0 spiro atoms. The molecule has 0 aromatic heterocycles. The lowest BCUT2D eigenvalue weighted by atomic mass is 10.0. The van der Waals surface area contributed by atoms with E-state index in [0.717, 1.165) is 29.5 Å². The highest BCUT2D eigenvalue weighted by atomic mass is 32.2. The highest BCUT2D eigenvalue weighted by Crippen LogP contribution is 2.28. The molecule has 0 saturated carbocycles. The van der Waals surface area contributed by atoms with Gasteiger partial charge in [-0.25, -0.2) is 13.1 Å². The van der Waals surface area contributed by atoms with Gasteiger partial charge in [-0.1, -0.05) is 18.2 Å². The number of rotatable bonds is 6. The van der Waals surface area contributed by atoms with E-state index < -0.39 is 16.0 Å². The number of benzene rings is 2. The molecular weight excluding hydrogens is 340 g/mol. The van der Waals surface area contributed by atoms with Crippen LogP contribution in [0.15, 0.2) is 47.4 Å². The summed E-state index contributed by atoms with van der Waals surface area (Å²) >= 11 is 0. The summed E-state index contributed by atoms with van der Waals surface area (Å²) in [6, 6.07) is 11.8. The number of carboxylic acids is 1. The van der Waals surface area contributed by atoms with Gasteiger partial charge in [0, 0.05) is 12.2 Å². The van der Waals surface area contributed by atoms with Crippen molar-refractivity contribution >= 4 is 21.7 Å². The first-order valence-electron chi connectivity index (χ1n) is 8.01. The number of carbonyl (C=O) groups is 1. The van der Waals surface area contributed by atoms with Crippen molar-refractivity contribution < 1.29 is 18.3 Å². The second-order valence-electron chi connectivity index (χ2n) is 6.37. The first-order valence-corrected chi connectivity index (χ1v) is 9.49. The van der Waals surface area contributed by atoms with Crippen LogP contribution >= 0.6 is 0 Å². The van der Waals surface area contributed by atoms with E-state index in [1.54, 1.807) is 12.1 Å². The molecule has 1 unspecified atom stereocenters. The summed E-state index contributed by atoms with van der Waals surface area (Å²) in [4.78, 5) is 11.0. The van der Waals surface area contributed by atoms with Crippen LogP contribution in [0, 0.1) is 5.92 Å². The predicted octanol–water partition coefficient (Wildman–Crippen LogP) is 1.59. The Hall–Kier alpha value is -2.38.